The highest BCUT2D eigenvalue weighted by atomic mass is 15.3. The fourth-order valence-electron chi connectivity index (χ4n) is 3.86. The number of pyridine rings is 1. The second-order valence-corrected chi connectivity index (χ2v) is 7.30. The number of hydrogen-bond donors (Lipinski definition) is 0. The summed E-state index contributed by atoms with van der Waals surface area (Å²) < 4.78 is 0. The van der Waals surface area contributed by atoms with Crippen molar-refractivity contribution in [1.82, 2.24) is 15.0 Å². The van der Waals surface area contributed by atoms with Crippen molar-refractivity contribution < 1.29 is 0 Å². The van der Waals surface area contributed by atoms with Gasteiger partial charge in [-0.1, -0.05) is 13.8 Å². The van der Waals surface area contributed by atoms with Gasteiger partial charge < -0.3 is 9.80 Å². The average molecular weight is 334 g/mol. The molecule has 4 heterocycles. The van der Waals surface area contributed by atoms with Crippen LogP contribution in [0.3, 0.4) is 0 Å². The summed E-state index contributed by atoms with van der Waals surface area (Å²) >= 11 is 0. The summed E-state index contributed by atoms with van der Waals surface area (Å²) in [5.41, 5.74) is 1.71. The molecule has 0 N–H and O–H groups in total. The van der Waals surface area contributed by atoms with Gasteiger partial charge in [0.25, 0.3) is 0 Å². The smallest absolute Gasteiger partial charge is 0.132 e. The Labute approximate surface area is 148 Å². The van der Waals surface area contributed by atoms with Crippen LogP contribution in [0, 0.1) is 23.2 Å². The molecule has 0 aliphatic carbocycles. The van der Waals surface area contributed by atoms with E-state index in [4.69, 9.17) is 5.26 Å². The van der Waals surface area contributed by atoms with Crippen LogP contribution in [0.2, 0.25) is 0 Å². The van der Waals surface area contributed by atoms with Crippen LogP contribution in [0.1, 0.15) is 31.0 Å². The molecular weight excluding hydrogens is 312 g/mol. The third kappa shape index (κ3) is 3.02. The lowest BCUT2D eigenvalue weighted by atomic mass is 10.0. The van der Waals surface area contributed by atoms with E-state index >= 15 is 0 Å². The molecule has 0 radical (unpaired) electrons. The molecule has 25 heavy (non-hydrogen) atoms. The van der Waals surface area contributed by atoms with Crippen molar-refractivity contribution in [2.45, 2.75) is 19.8 Å². The van der Waals surface area contributed by atoms with Gasteiger partial charge >= 0.3 is 0 Å². The van der Waals surface area contributed by atoms with Crippen LogP contribution >= 0.6 is 0 Å². The molecule has 2 aliphatic rings. The van der Waals surface area contributed by atoms with Gasteiger partial charge in [-0.15, -0.1) is 0 Å². The van der Waals surface area contributed by atoms with E-state index < -0.39 is 0 Å². The third-order valence-corrected chi connectivity index (χ3v) is 5.28. The van der Waals surface area contributed by atoms with E-state index in [-0.39, 0.29) is 0 Å². The molecule has 6 heteroatoms. The van der Waals surface area contributed by atoms with Gasteiger partial charge in [0.1, 0.15) is 24.0 Å². The Morgan fingerprint density at radius 3 is 2.24 bits per heavy atom. The van der Waals surface area contributed by atoms with Gasteiger partial charge in [0.05, 0.1) is 5.56 Å². The summed E-state index contributed by atoms with van der Waals surface area (Å²) in [6, 6.07) is 8.05. The van der Waals surface area contributed by atoms with Crippen molar-refractivity contribution in [3.05, 3.63) is 42.0 Å². The number of fused-ring (bicyclic) bond motifs is 1. The second-order valence-electron chi connectivity index (χ2n) is 7.30. The Bertz CT molecular complexity index is 780. The number of nitrogens with zero attached hydrogens (tertiary/aromatic N) is 6. The van der Waals surface area contributed by atoms with Crippen molar-refractivity contribution in [2.24, 2.45) is 11.8 Å². The summed E-state index contributed by atoms with van der Waals surface area (Å²) in [6.07, 6.45) is 3.34. The van der Waals surface area contributed by atoms with E-state index in [1.54, 1.807) is 12.5 Å². The highest BCUT2D eigenvalue weighted by Gasteiger charge is 2.40. The molecule has 6 nitrogen and oxygen atoms in total. The molecule has 0 bridgehead atoms. The van der Waals surface area contributed by atoms with Crippen molar-refractivity contribution in [3.63, 3.8) is 0 Å². The maximum atomic E-state index is 8.90. The lowest BCUT2D eigenvalue weighted by Crippen LogP contribution is -2.29. The molecule has 2 aromatic rings. The van der Waals surface area contributed by atoms with Crippen molar-refractivity contribution >= 4 is 11.6 Å². The van der Waals surface area contributed by atoms with Gasteiger partial charge in [0, 0.05) is 56.0 Å². The Morgan fingerprint density at radius 1 is 1.00 bits per heavy atom. The van der Waals surface area contributed by atoms with Gasteiger partial charge in [-0.05, 0) is 18.1 Å². The summed E-state index contributed by atoms with van der Waals surface area (Å²) in [6.45, 7) is 8.42. The lowest BCUT2D eigenvalue weighted by Gasteiger charge is -2.23. The van der Waals surface area contributed by atoms with Crippen LogP contribution in [-0.2, 0) is 0 Å². The van der Waals surface area contributed by atoms with Crippen LogP contribution in [0.15, 0.2) is 30.7 Å². The van der Waals surface area contributed by atoms with Gasteiger partial charge in [0.15, 0.2) is 0 Å². The molecule has 2 atom stereocenters. The Balaban J connectivity index is 1.43. The summed E-state index contributed by atoms with van der Waals surface area (Å²) in [5.74, 6) is 3.71. The molecule has 2 fully saturated rings. The molecular formula is C19H22N6. The van der Waals surface area contributed by atoms with Crippen molar-refractivity contribution in [1.29, 1.82) is 5.26 Å². The fourth-order valence-corrected chi connectivity index (χ4v) is 3.86. The van der Waals surface area contributed by atoms with Crippen molar-refractivity contribution in [2.75, 3.05) is 36.0 Å². The minimum Gasteiger partial charge on any atom is -0.356 e. The predicted octanol–water partition coefficient (Wildman–Crippen LogP) is 2.44. The number of hydrogen-bond acceptors (Lipinski definition) is 6. The SMILES string of the molecule is CC(C)c1cc(N2CC3CN(c4ccc(C#N)cn4)CC3C2)ncn1. The number of aromatic nitrogens is 3. The third-order valence-electron chi connectivity index (χ3n) is 5.28. The van der Waals surface area contributed by atoms with Crippen LogP contribution in [0.25, 0.3) is 0 Å². The fraction of sp³-hybridized carbons (Fsp3) is 0.474. The summed E-state index contributed by atoms with van der Waals surface area (Å²) in [5, 5.41) is 8.90. The first-order chi connectivity index (χ1) is 12.1. The number of rotatable bonds is 3. The van der Waals surface area contributed by atoms with Gasteiger partial charge in [-0.3, -0.25) is 0 Å². The normalized spacial score (nSPS) is 22.3. The summed E-state index contributed by atoms with van der Waals surface area (Å²) in [7, 11) is 0. The number of anilines is 2. The molecule has 2 aromatic heterocycles. The van der Waals surface area contributed by atoms with E-state index in [9.17, 15) is 0 Å². The highest BCUT2D eigenvalue weighted by molar-refractivity contribution is 5.46. The van der Waals surface area contributed by atoms with Crippen LogP contribution < -0.4 is 9.80 Å². The first-order valence-corrected chi connectivity index (χ1v) is 8.82. The first kappa shape index (κ1) is 15.8. The second kappa shape index (κ2) is 6.32. The monoisotopic (exact) mass is 334 g/mol. The predicted molar refractivity (Wildman–Crippen MR) is 96.5 cm³/mol. The summed E-state index contributed by atoms with van der Waals surface area (Å²) in [4.78, 5) is 18.0. The van der Waals surface area contributed by atoms with Crippen LogP contribution in [-0.4, -0.2) is 41.1 Å². The van der Waals surface area contributed by atoms with E-state index in [0.717, 1.165) is 43.5 Å². The maximum Gasteiger partial charge on any atom is 0.132 e. The Morgan fingerprint density at radius 2 is 1.68 bits per heavy atom. The molecule has 2 unspecified atom stereocenters. The Hall–Kier alpha value is -2.68. The topological polar surface area (TPSA) is 68.9 Å². The molecule has 4 rings (SSSR count). The average Bonchev–Trinajstić information content (AvgIpc) is 3.21. The minimum absolute atomic E-state index is 0.418. The molecule has 0 aromatic carbocycles. The zero-order valence-corrected chi connectivity index (χ0v) is 14.6. The zero-order chi connectivity index (χ0) is 17.4. The quantitative estimate of drug-likeness (QED) is 0.859. The molecule has 2 aliphatic heterocycles. The van der Waals surface area contributed by atoms with Crippen molar-refractivity contribution in [3.8, 4) is 6.07 Å². The van der Waals surface area contributed by atoms with Gasteiger partial charge in [-0.2, -0.15) is 5.26 Å². The largest absolute Gasteiger partial charge is 0.356 e. The van der Waals surface area contributed by atoms with E-state index in [0.29, 0.717) is 23.3 Å². The molecule has 128 valence electrons. The van der Waals surface area contributed by atoms with E-state index in [2.05, 4.69) is 50.7 Å². The maximum absolute atomic E-state index is 8.90. The molecule has 0 amide bonds. The molecule has 2 saturated heterocycles. The van der Waals surface area contributed by atoms with E-state index in [1.807, 2.05) is 12.1 Å². The minimum atomic E-state index is 0.418. The molecule has 0 spiro atoms. The van der Waals surface area contributed by atoms with Crippen LogP contribution in [0.4, 0.5) is 11.6 Å². The first-order valence-electron chi connectivity index (χ1n) is 8.82. The van der Waals surface area contributed by atoms with E-state index in [1.165, 1.54) is 0 Å². The van der Waals surface area contributed by atoms with Gasteiger partial charge in [0.2, 0.25) is 0 Å². The van der Waals surface area contributed by atoms with Gasteiger partial charge in [-0.25, -0.2) is 15.0 Å². The highest BCUT2D eigenvalue weighted by Crippen LogP contribution is 2.35. The molecule has 0 saturated carbocycles. The number of nitriles is 1. The zero-order valence-electron chi connectivity index (χ0n) is 14.6. The van der Waals surface area contributed by atoms with Crippen LogP contribution in [0.5, 0.6) is 0 Å². The lowest BCUT2D eigenvalue weighted by molar-refractivity contribution is 0.533. The standard InChI is InChI=1S/C19H22N6/c1-13(2)17-5-19(23-12-22-17)25-10-15-8-24(9-16(15)11-25)18-4-3-14(6-20)7-21-18/h3-5,7,12-13,15-16H,8-11H2,1-2H3. The Kier molecular flexibility index (Phi) is 4.00.